The minimum Gasteiger partial charge on any atom is -0.497 e. The monoisotopic (exact) mass is 489 g/mol. The van der Waals surface area contributed by atoms with Crippen molar-refractivity contribution in [3.63, 3.8) is 0 Å². The zero-order valence-electron chi connectivity index (χ0n) is 20.0. The number of methoxy groups -OCH3 is 1. The van der Waals surface area contributed by atoms with Gasteiger partial charge in [0.15, 0.2) is 0 Å². The summed E-state index contributed by atoms with van der Waals surface area (Å²) >= 11 is 1.51. The lowest BCUT2D eigenvalue weighted by atomic mass is 10.1. The number of benzene rings is 3. The molecule has 3 aromatic carbocycles. The summed E-state index contributed by atoms with van der Waals surface area (Å²) in [5, 5.41) is 11.3. The molecule has 5 rings (SSSR count). The van der Waals surface area contributed by atoms with Crippen LogP contribution in [-0.4, -0.2) is 61.5 Å². The van der Waals surface area contributed by atoms with Gasteiger partial charge in [-0.1, -0.05) is 42.5 Å². The van der Waals surface area contributed by atoms with Crippen LogP contribution in [-0.2, 0) is 11.2 Å². The number of hydrogen-bond donors (Lipinski definition) is 1. The Hall–Kier alpha value is -3.00. The smallest absolute Gasteiger partial charge is 0.237 e. The normalized spacial score (nSPS) is 16.7. The number of aliphatic hydroxyl groups excluding tert-OH is 1. The fourth-order valence-electron chi connectivity index (χ4n) is 4.87. The van der Waals surface area contributed by atoms with Gasteiger partial charge in [0, 0.05) is 60.6 Å². The van der Waals surface area contributed by atoms with Gasteiger partial charge in [0.2, 0.25) is 5.91 Å². The Morgan fingerprint density at radius 3 is 2.57 bits per heavy atom. The maximum atomic E-state index is 13.0. The molecule has 0 saturated carbocycles. The molecule has 35 heavy (non-hydrogen) atoms. The summed E-state index contributed by atoms with van der Waals surface area (Å²) < 4.78 is 5.36. The van der Waals surface area contributed by atoms with Crippen molar-refractivity contribution < 1.29 is 14.6 Å². The van der Waals surface area contributed by atoms with E-state index >= 15 is 0 Å². The molecule has 6 nitrogen and oxygen atoms in total. The molecular formula is C28H31N3O3S. The molecule has 2 aliphatic heterocycles. The number of carbonyl (C=O) groups is 1. The second kappa shape index (κ2) is 10.7. The van der Waals surface area contributed by atoms with Crippen molar-refractivity contribution >= 4 is 29.0 Å². The minimum atomic E-state index is -0.700. The van der Waals surface area contributed by atoms with Crippen LogP contribution in [0.3, 0.4) is 0 Å². The van der Waals surface area contributed by atoms with Crippen LogP contribution in [0.15, 0.2) is 77.7 Å². The predicted octanol–water partition coefficient (Wildman–Crippen LogP) is 4.19. The number of amides is 1. The van der Waals surface area contributed by atoms with Crippen molar-refractivity contribution in [2.45, 2.75) is 17.5 Å². The third-order valence-corrected chi connectivity index (χ3v) is 7.89. The SMILES string of the molecule is COc1cccc(N2CCN(C(O)c3ccccc3SCC(=O)N3CCc4ccccc43)CC2)c1. The third kappa shape index (κ3) is 5.17. The predicted molar refractivity (Wildman–Crippen MR) is 141 cm³/mol. The number of piperazine rings is 1. The van der Waals surface area contributed by atoms with Crippen LogP contribution in [0.4, 0.5) is 11.4 Å². The number of fused-ring (bicyclic) bond motifs is 1. The van der Waals surface area contributed by atoms with E-state index in [1.165, 1.54) is 17.3 Å². The van der Waals surface area contributed by atoms with Gasteiger partial charge in [-0.3, -0.25) is 9.69 Å². The largest absolute Gasteiger partial charge is 0.497 e. The lowest BCUT2D eigenvalue weighted by Gasteiger charge is -2.38. The maximum Gasteiger partial charge on any atom is 0.237 e. The fourth-order valence-corrected chi connectivity index (χ4v) is 5.82. The molecule has 1 atom stereocenters. The lowest BCUT2D eigenvalue weighted by molar-refractivity contribution is -0.116. The summed E-state index contributed by atoms with van der Waals surface area (Å²) in [6.07, 6.45) is 0.206. The van der Waals surface area contributed by atoms with Gasteiger partial charge in [-0.2, -0.15) is 0 Å². The summed E-state index contributed by atoms with van der Waals surface area (Å²) in [5.74, 6) is 1.31. The van der Waals surface area contributed by atoms with Crippen LogP contribution >= 0.6 is 11.8 Å². The highest BCUT2D eigenvalue weighted by molar-refractivity contribution is 8.00. The van der Waals surface area contributed by atoms with Gasteiger partial charge in [0.1, 0.15) is 12.0 Å². The van der Waals surface area contributed by atoms with Crippen LogP contribution in [0.2, 0.25) is 0 Å². The molecule has 7 heteroatoms. The number of rotatable bonds is 7. The molecule has 0 bridgehead atoms. The number of aliphatic hydroxyl groups is 1. The summed E-state index contributed by atoms with van der Waals surface area (Å²) in [7, 11) is 1.68. The minimum absolute atomic E-state index is 0.108. The molecule has 1 unspecified atom stereocenters. The van der Waals surface area contributed by atoms with E-state index in [2.05, 4.69) is 21.9 Å². The molecular weight excluding hydrogens is 458 g/mol. The summed E-state index contributed by atoms with van der Waals surface area (Å²) in [6, 6.07) is 24.1. The number of ether oxygens (including phenoxy) is 1. The van der Waals surface area contributed by atoms with Crippen molar-refractivity contribution in [3.8, 4) is 5.75 Å². The van der Waals surface area contributed by atoms with Crippen molar-refractivity contribution in [1.29, 1.82) is 0 Å². The van der Waals surface area contributed by atoms with E-state index in [9.17, 15) is 9.90 Å². The van der Waals surface area contributed by atoms with E-state index < -0.39 is 6.23 Å². The highest BCUT2D eigenvalue weighted by atomic mass is 32.2. The van der Waals surface area contributed by atoms with Gasteiger partial charge in [-0.15, -0.1) is 11.8 Å². The van der Waals surface area contributed by atoms with Gasteiger partial charge in [-0.25, -0.2) is 0 Å². The number of hydrogen-bond acceptors (Lipinski definition) is 6. The molecule has 1 amide bonds. The molecule has 2 heterocycles. The topological polar surface area (TPSA) is 56.2 Å². The van der Waals surface area contributed by atoms with Crippen molar-refractivity contribution in [2.75, 3.05) is 55.4 Å². The van der Waals surface area contributed by atoms with E-state index in [1.54, 1.807) is 7.11 Å². The average Bonchev–Trinajstić information content (AvgIpc) is 3.36. The number of carbonyl (C=O) groups excluding carboxylic acids is 1. The fraction of sp³-hybridized carbons (Fsp3) is 0.321. The molecule has 1 fully saturated rings. The van der Waals surface area contributed by atoms with Crippen LogP contribution in [0.1, 0.15) is 17.4 Å². The van der Waals surface area contributed by atoms with Crippen molar-refractivity contribution in [3.05, 3.63) is 83.9 Å². The quantitative estimate of drug-likeness (QED) is 0.503. The Morgan fingerprint density at radius 1 is 0.971 bits per heavy atom. The molecule has 1 saturated heterocycles. The first-order valence-corrected chi connectivity index (χ1v) is 13.0. The number of anilines is 2. The molecule has 0 spiro atoms. The summed E-state index contributed by atoms with van der Waals surface area (Å²) in [5.41, 5.74) is 4.26. The molecule has 3 aromatic rings. The van der Waals surface area contributed by atoms with E-state index in [0.29, 0.717) is 5.75 Å². The first kappa shape index (κ1) is 23.7. The molecule has 0 aliphatic carbocycles. The number of para-hydroxylation sites is 1. The lowest BCUT2D eigenvalue weighted by Crippen LogP contribution is -2.47. The van der Waals surface area contributed by atoms with E-state index in [1.807, 2.05) is 65.6 Å². The van der Waals surface area contributed by atoms with Crippen LogP contribution in [0, 0.1) is 0 Å². The van der Waals surface area contributed by atoms with Crippen LogP contribution < -0.4 is 14.5 Å². The zero-order chi connectivity index (χ0) is 24.2. The Labute approximate surface area is 211 Å². The van der Waals surface area contributed by atoms with Crippen molar-refractivity contribution in [2.24, 2.45) is 0 Å². The first-order valence-electron chi connectivity index (χ1n) is 12.0. The van der Waals surface area contributed by atoms with Gasteiger partial charge in [-0.05, 0) is 36.2 Å². The van der Waals surface area contributed by atoms with Crippen LogP contribution in [0.5, 0.6) is 5.75 Å². The Balaban J connectivity index is 1.21. The molecule has 1 N–H and O–H groups in total. The van der Waals surface area contributed by atoms with Gasteiger partial charge >= 0.3 is 0 Å². The van der Waals surface area contributed by atoms with Crippen molar-refractivity contribution in [1.82, 2.24) is 4.90 Å². The first-order chi connectivity index (χ1) is 17.1. The molecule has 182 valence electrons. The van der Waals surface area contributed by atoms with Gasteiger partial charge in [0.05, 0.1) is 12.9 Å². The third-order valence-electron chi connectivity index (χ3n) is 6.82. The second-order valence-corrected chi connectivity index (χ2v) is 9.87. The summed E-state index contributed by atoms with van der Waals surface area (Å²) in [6.45, 7) is 3.89. The zero-order valence-corrected chi connectivity index (χ0v) is 20.8. The highest BCUT2D eigenvalue weighted by Gasteiger charge is 2.27. The Kier molecular flexibility index (Phi) is 7.27. The molecule has 2 aliphatic rings. The Morgan fingerprint density at radius 2 is 1.74 bits per heavy atom. The Bertz CT molecular complexity index is 1180. The van der Waals surface area contributed by atoms with Crippen LogP contribution in [0.25, 0.3) is 0 Å². The average molecular weight is 490 g/mol. The van der Waals surface area contributed by atoms with E-state index in [4.69, 9.17) is 4.74 Å². The second-order valence-electron chi connectivity index (χ2n) is 8.85. The standard InChI is InChI=1S/C28H31N3O3S/c1-34-23-9-6-8-22(19-23)29-15-17-30(18-16-29)28(33)24-10-3-5-12-26(24)35-20-27(32)31-14-13-21-7-2-4-11-25(21)31/h2-12,19,28,33H,13-18,20H2,1H3. The number of nitrogens with zero attached hydrogens (tertiary/aromatic N) is 3. The number of thioether (sulfide) groups is 1. The van der Waals surface area contributed by atoms with Gasteiger partial charge < -0.3 is 19.6 Å². The highest BCUT2D eigenvalue weighted by Crippen LogP contribution is 2.33. The van der Waals surface area contributed by atoms with E-state index in [-0.39, 0.29) is 5.91 Å². The van der Waals surface area contributed by atoms with Gasteiger partial charge in [0.25, 0.3) is 0 Å². The van der Waals surface area contributed by atoms with E-state index in [0.717, 1.165) is 66.7 Å². The maximum absolute atomic E-state index is 13.0. The molecule has 0 aromatic heterocycles. The summed E-state index contributed by atoms with van der Waals surface area (Å²) in [4.78, 5) is 20.3. The molecule has 0 radical (unpaired) electrons.